The van der Waals surface area contributed by atoms with Gasteiger partial charge in [0.1, 0.15) is 5.69 Å². The Kier molecular flexibility index (Phi) is 4.52. The Morgan fingerprint density at radius 1 is 1.23 bits per heavy atom. The minimum atomic E-state index is 0.320. The monoisotopic (exact) mass is 299 g/mol. The average Bonchev–Trinajstić information content (AvgIpc) is 2.97. The summed E-state index contributed by atoms with van der Waals surface area (Å²) in [5, 5.41) is 4.43. The lowest BCUT2D eigenvalue weighted by molar-refractivity contribution is 0.208. The zero-order valence-corrected chi connectivity index (χ0v) is 13.7. The molecule has 1 unspecified atom stereocenters. The number of hydrogen-bond donors (Lipinski definition) is 0. The molecule has 1 aliphatic heterocycles. The summed E-state index contributed by atoms with van der Waals surface area (Å²) in [5.74, 6) is 0.671. The molecule has 0 saturated carbocycles. The van der Waals surface area contributed by atoms with Crippen molar-refractivity contribution in [3.05, 3.63) is 30.4 Å². The predicted octanol–water partition coefficient (Wildman–Crippen LogP) is 2.81. The second-order valence-electron chi connectivity index (χ2n) is 6.58. The van der Waals surface area contributed by atoms with Crippen LogP contribution in [0.3, 0.4) is 0 Å². The third kappa shape index (κ3) is 3.19. The molecule has 0 spiro atoms. The highest BCUT2D eigenvalue weighted by molar-refractivity contribution is 5.57. The molecule has 0 aromatic carbocycles. The van der Waals surface area contributed by atoms with Crippen molar-refractivity contribution in [2.24, 2.45) is 5.92 Å². The van der Waals surface area contributed by atoms with Crippen molar-refractivity contribution < 1.29 is 0 Å². The minimum Gasteiger partial charge on any atom is -0.306 e. The Balaban J connectivity index is 1.88. The lowest BCUT2D eigenvalue weighted by Crippen LogP contribution is -2.33. The standard InChI is InChI=1S/C17H25N5/c1-13(2)22-16(6-7-20-22)17-15(18-8-9-19-17)11-14-5-4-10-21(3)12-14/h6-9,13-14H,4-5,10-12H2,1-3H3. The first kappa shape index (κ1) is 15.2. The van der Waals surface area contributed by atoms with Crippen molar-refractivity contribution in [3.63, 3.8) is 0 Å². The van der Waals surface area contributed by atoms with E-state index in [1.807, 2.05) is 23.1 Å². The molecule has 1 atom stereocenters. The summed E-state index contributed by atoms with van der Waals surface area (Å²) in [6, 6.07) is 2.36. The van der Waals surface area contributed by atoms with E-state index in [-0.39, 0.29) is 0 Å². The van der Waals surface area contributed by atoms with E-state index in [0.717, 1.165) is 30.0 Å². The summed E-state index contributed by atoms with van der Waals surface area (Å²) in [7, 11) is 2.21. The van der Waals surface area contributed by atoms with Gasteiger partial charge < -0.3 is 4.90 Å². The van der Waals surface area contributed by atoms with Crippen LogP contribution in [0.25, 0.3) is 11.4 Å². The van der Waals surface area contributed by atoms with Crippen LogP contribution < -0.4 is 0 Å². The van der Waals surface area contributed by atoms with E-state index < -0.39 is 0 Å². The van der Waals surface area contributed by atoms with Gasteiger partial charge in [0, 0.05) is 31.2 Å². The fraction of sp³-hybridized carbons (Fsp3) is 0.588. The minimum absolute atomic E-state index is 0.320. The fourth-order valence-electron chi connectivity index (χ4n) is 3.36. The van der Waals surface area contributed by atoms with Gasteiger partial charge in [0.25, 0.3) is 0 Å². The van der Waals surface area contributed by atoms with Crippen LogP contribution in [-0.2, 0) is 6.42 Å². The number of nitrogens with zero attached hydrogens (tertiary/aromatic N) is 5. The Bertz CT molecular complexity index is 619. The molecule has 1 aliphatic rings. The van der Waals surface area contributed by atoms with Gasteiger partial charge in [-0.15, -0.1) is 0 Å². The van der Waals surface area contributed by atoms with Crippen LogP contribution >= 0.6 is 0 Å². The largest absolute Gasteiger partial charge is 0.306 e. The van der Waals surface area contributed by atoms with Crippen LogP contribution in [0.1, 0.15) is 38.4 Å². The van der Waals surface area contributed by atoms with Gasteiger partial charge in [-0.05, 0) is 58.7 Å². The van der Waals surface area contributed by atoms with Gasteiger partial charge >= 0.3 is 0 Å². The van der Waals surface area contributed by atoms with Crippen molar-refractivity contribution in [2.45, 2.75) is 39.2 Å². The SMILES string of the molecule is CC(C)n1nccc1-c1nccnc1CC1CCCN(C)C1. The molecular weight excluding hydrogens is 274 g/mol. The molecule has 1 saturated heterocycles. The number of aromatic nitrogens is 4. The summed E-state index contributed by atoms with van der Waals surface area (Å²) in [5.41, 5.74) is 3.16. The van der Waals surface area contributed by atoms with E-state index in [1.165, 1.54) is 19.4 Å². The number of rotatable bonds is 4. The van der Waals surface area contributed by atoms with Gasteiger partial charge in [-0.25, -0.2) is 0 Å². The van der Waals surface area contributed by atoms with Crippen LogP contribution in [-0.4, -0.2) is 44.8 Å². The highest BCUT2D eigenvalue weighted by atomic mass is 15.3. The third-order valence-electron chi connectivity index (χ3n) is 4.38. The molecule has 0 radical (unpaired) electrons. The topological polar surface area (TPSA) is 46.8 Å². The summed E-state index contributed by atoms with van der Waals surface area (Å²) in [6.07, 6.45) is 8.99. The third-order valence-corrected chi connectivity index (χ3v) is 4.38. The summed E-state index contributed by atoms with van der Waals surface area (Å²) < 4.78 is 2.03. The Hall–Kier alpha value is -1.75. The van der Waals surface area contributed by atoms with Crippen LogP contribution in [0.5, 0.6) is 0 Å². The Morgan fingerprint density at radius 2 is 2.05 bits per heavy atom. The quantitative estimate of drug-likeness (QED) is 0.871. The predicted molar refractivity (Wildman–Crippen MR) is 87.6 cm³/mol. The molecule has 0 bridgehead atoms. The maximum absolute atomic E-state index is 4.63. The van der Waals surface area contributed by atoms with Crippen molar-refractivity contribution in [2.75, 3.05) is 20.1 Å². The van der Waals surface area contributed by atoms with E-state index in [4.69, 9.17) is 0 Å². The van der Waals surface area contributed by atoms with Crippen LogP contribution in [0.2, 0.25) is 0 Å². The van der Waals surface area contributed by atoms with Crippen LogP contribution in [0.4, 0.5) is 0 Å². The molecule has 0 aliphatic carbocycles. The average molecular weight is 299 g/mol. The van der Waals surface area contributed by atoms with E-state index in [2.05, 4.69) is 40.9 Å². The molecule has 3 heterocycles. The zero-order chi connectivity index (χ0) is 15.5. The van der Waals surface area contributed by atoms with Gasteiger partial charge in [0.05, 0.1) is 11.4 Å². The Labute approximate surface area is 132 Å². The smallest absolute Gasteiger partial charge is 0.110 e. The van der Waals surface area contributed by atoms with E-state index in [0.29, 0.717) is 12.0 Å². The molecule has 22 heavy (non-hydrogen) atoms. The van der Waals surface area contributed by atoms with Crippen LogP contribution in [0, 0.1) is 5.92 Å². The molecular formula is C17H25N5. The fourth-order valence-corrected chi connectivity index (χ4v) is 3.36. The van der Waals surface area contributed by atoms with Gasteiger partial charge in [-0.2, -0.15) is 5.10 Å². The lowest BCUT2D eigenvalue weighted by Gasteiger charge is -2.29. The van der Waals surface area contributed by atoms with E-state index in [1.54, 1.807) is 6.20 Å². The van der Waals surface area contributed by atoms with Gasteiger partial charge in [-0.1, -0.05) is 0 Å². The van der Waals surface area contributed by atoms with Crippen molar-refractivity contribution >= 4 is 0 Å². The Morgan fingerprint density at radius 3 is 2.82 bits per heavy atom. The maximum atomic E-state index is 4.63. The molecule has 5 heteroatoms. The molecule has 0 N–H and O–H groups in total. The number of hydrogen-bond acceptors (Lipinski definition) is 4. The van der Waals surface area contributed by atoms with E-state index in [9.17, 15) is 0 Å². The molecule has 2 aromatic rings. The molecule has 118 valence electrons. The summed E-state index contributed by atoms with van der Waals surface area (Å²) in [6.45, 7) is 6.65. The normalized spacial score (nSPS) is 19.7. The molecule has 0 amide bonds. The van der Waals surface area contributed by atoms with Gasteiger partial charge in [0.2, 0.25) is 0 Å². The first-order chi connectivity index (χ1) is 10.6. The van der Waals surface area contributed by atoms with Crippen LogP contribution in [0.15, 0.2) is 24.7 Å². The second-order valence-corrected chi connectivity index (χ2v) is 6.58. The summed E-state index contributed by atoms with van der Waals surface area (Å²) in [4.78, 5) is 11.7. The summed E-state index contributed by atoms with van der Waals surface area (Å²) >= 11 is 0. The van der Waals surface area contributed by atoms with E-state index >= 15 is 0 Å². The number of piperidine rings is 1. The van der Waals surface area contributed by atoms with Gasteiger partial charge in [0.15, 0.2) is 0 Å². The van der Waals surface area contributed by atoms with Crippen molar-refractivity contribution in [1.29, 1.82) is 0 Å². The molecule has 1 fully saturated rings. The zero-order valence-electron chi connectivity index (χ0n) is 13.7. The van der Waals surface area contributed by atoms with Crippen molar-refractivity contribution in [3.8, 4) is 11.4 Å². The maximum Gasteiger partial charge on any atom is 0.110 e. The second kappa shape index (κ2) is 6.57. The van der Waals surface area contributed by atoms with Crippen molar-refractivity contribution in [1.82, 2.24) is 24.6 Å². The first-order valence-corrected chi connectivity index (χ1v) is 8.17. The molecule has 5 nitrogen and oxygen atoms in total. The lowest BCUT2D eigenvalue weighted by atomic mass is 9.92. The highest BCUT2D eigenvalue weighted by Crippen LogP contribution is 2.26. The molecule has 2 aromatic heterocycles. The molecule has 3 rings (SSSR count). The highest BCUT2D eigenvalue weighted by Gasteiger charge is 2.21. The first-order valence-electron chi connectivity index (χ1n) is 8.17. The number of likely N-dealkylation sites (tertiary alicyclic amines) is 1. The van der Waals surface area contributed by atoms with Gasteiger partial charge in [-0.3, -0.25) is 14.6 Å².